The number of hydrogen-bond donors (Lipinski definition) is 0. The van der Waals surface area contributed by atoms with Gasteiger partial charge in [0.05, 0.1) is 5.69 Å². The predicted octanol–water partition coefficient (Wildman–Crippen LogP) is 2.69. The van der Waals surface area contributed by atoms with Crippen LogP contribution in [0.15, 0.2) is 67.1 Å². The maximum Gasteiger partial charge on any atom is 0.187 e. The molecule has 3 aromatic rings. The highest BCUT2D eigenvalue weighted by atomic mass is 16.1. The second-order valence-corrected chi connectivity index (χ2v) is 4.44. The number of carbonyl (C=O) groups is 1. The number of ketones is 1. The summed E-state index contributed by atoms with van der Waals surface area (Å²) in [5, 5.41) is 4.32. The molecular formula is C16H13N3O. The summed E-state index contributed by atoms with van der Waals surface area (Å²) in [5.41, 5.74) is 2.30. The van der Waals surface area contributed by atoms with Gasteiger partial charge in [-0.1, -0.05) is 24.3 Å². The van der Waals surface area contributed by atoms with E-state index in [9.17, 15) is 4.79 Å². The lowest BCUT2D eigenvalue weighted by molar-refractivity contribution is 0.0987. The molecule has 0 aliphatic carbocycles. The van der Waals surface area contributed by atoms with E-state index >= 15 is 0 Å². The summed E-state index contributed by atoms with van der Waals surface area (Å²) in [4.78, 5) is 16.2. The third-order valence-corrected chi connectivity index (χ3v) is 2.98. The van der Waals surface area contributed by atoms with E-state index in [1.54, 1.807) is 29.3 Å². The predicted molar refractivity (Wildman–Crippen MR) is 75.8 cm³/mol. The number of Topliss-reactive ketones (excluding diaryl/α,β-unsaturated/α-hetero) is 1. The zero-order valence-corrected chi connectivity index (χ0v) is 10.8. The lowest BCUT2D eigenvalue weighted by Crippen LogP contribution is -2.06. The van der Waals surface area contributed by atoms with Gasteiger partial charge in [-0.2, -0.15) is 5.10 Å². The summed E-state index contributed by atoms with van der Waals surface area (Å²) in [6, 6.07) is 15.2. The van der Waals surface area contributed by atoms with Crippen molar-refractivity contribution in [1.29, 1.82) is 0 Å². The minimum atomic E-state index is -0.00678. The standard InChI is InChI=1S/C16H13N3O/c20-16(11-13-5-4-9-17-12-13)15-8-10-19(18-15)14-6-2-1-3-7-14/h1-10,12H,11H2. The molecule has 2 heterocycles. The SMILES string of the molecule is O=C(Cc1cccnc1)c1ccn(-c2ccccc2)n1. The van der Waals surface area contributed by atoms with Crippen LogP contribution in [0.1, 0.15) is 16.1 Å². The molecule has 0 bridgehead atoms. The number of nitrogens with zero attached hydrogens (tertiary/aromatic N) is 3. The summed E-state index contributed by atoms with van der Waals surface area (Å²) in [6.45, 7) is 0. The highest BCUT2D eigenvalue weighted by Gasteiger charge is 2.11. The fraction of sp³-hybridized carbons (Fsp3) is 0.0625. The zero-order valence-electron chi connectivity index (χ0n) is 10.8. The molecule has 0 fully saturated rings. The minimum absolute atomic E-state index is 0.00678. The molecule has 0 atom stereocenters. The lowest BCUT2D eigenvalue weighted by atomic mass is 10.1. The summed E-state index contributed by atoms with van der Waals surface area (Å²) < 4.78 is 1.70. The molecule has 0 saturated carbocycles. The molecule has 4 heteroatoms. The monoisotopic (exact) mass is 263 g/mol. The molecule has 1 aromatic carbocycles. The molecular weight excluding hydrogens is 250 g/mol. The van der Waals surface area contributed by atoms with Gasteiger partial charge in [0.1, 0.15) is 5.69 Å². The quantitative estimate of drug-likeness (QED) is 0.680. The molecule has 0 saturated heterocycles. The van der Waals surface area contributed by atoms with Gasteiger partial charge in [0.25, 0.3) is 0 Å². The third-order valence-electron chi connectivity index (χ3n) is 2.98. The van der Waals surface area contributed by atoms with Crippen LogP contribution in [0.3, 0.4) is 0 Å². The Morgan fingerprint density at radius 3 is 2.65 bits per heavy atom. The van der Waals surface area contributed by atoms with E-state index in [0.29, 0.717) is 12.1 Å². The third kappa shape index (κ3) is 2.64. The molecule has 0 unspecified atom stereocenters. The Balaban J connectivity index is 1.79. The number of pyridine rings is 1. The van der Waals surface area contributed by atoms with Crippen LogP contribution < -0.4 is 0 Å². The van der Waals surface area contributed by atoms with Crippen molar-refractivity contribution in [2.75, 3.05) is 0 Å². The molecule has 2 aromatic heterocycles. The molecule has 3 rings (SSSR count). The van der Waals surface area contributed by atoms with Crippen LogP contribution in [0.4, 0.5) is 0 Å². The van der Waals surface area contributed by atoms with E-state index in [1.165, 1.54) is 0 Å². The van der Waals surface area contributed by atoms with Crippen LogP contribution in [0.2, 0.25) is 0 Å². The van der Waals surface area contributed by atoms with E-state index < -0.39 is 0 Å². The second kappa shape index (κ2) is 5.48. The second-order valence-electron chi connectivity index (χ2n) is 4.44. The van der Waals surface area contributed by atoms with Gasteiger partial charge >= 0.3 is 0 Å². The van der Waals surface area contributed by atoms with E-state index in [0.717, 1.165) is 11.3 Å². The fourth-order valence-corrected chi connectivity index (χ4v) is 1.98. The van der Waals surface area contributed by atoms with Crippen LogP contribution in [0.5, 0.6) is 0 Å². The van der Waals surface area contributed by atoms with Crippen molar-refractivity contribution in [2.24, 2.45) is 0 Å². The first-order valence-corrected chi connectivity index (χ1v) is 6.36. The lowest BCUT2D eigenvalue weighted by Gasteiger charge is -2.00. The van der Waals surface area contributed by atoms with E-state index in [-0.39, 0.29) is 5.78 Å². The summed E-state index contributed by atoms with van der Waals surface area (Å²) in [7, 11) is 0. The Morgan fingerprint density at radius 1 is 1.05 bits per heavy atom. The number of hydrogen-bond acceptors (Lipinski definition) is 3. The maximum absolute atomic E-state index is 12.2. The summed E-state index contributed by atoms with van der Waals surface area (Å²) >= 11 is 0. The average molecular weight is 263 g/mol. The van der Waals surface area contributed by atoms with Gasteiger partial charge in [0.15, 0.2) is 5.78 Å². The van der Waals surface area contributed by atoms with Crippen molar-refractivity contribution >= 4 is 5.78 Å². The zero-order chi connectivity index (χ0) is 13.8. The number of benzene rings is 1. The van der Waals surface area contributed by atoms with Crippen LogP contribution in [0.25, 0.3) is 5.69 Å². The largest absolute Gasteiger partial charge is 0.292 e. The molecule has 0 spiro atoms. The first-order chi connectivity index (χ1) is 9.83. The highest BCUT2D eigenvalue weighted by Crippen LogP contribution is 2.09. The summed E-state index contributed by atoms with van der Waals surface area (Å²) in [6.07, 6.45) is 5.51. The Labute approximate surface area is 116 Å². The van der Waals surface area contributed by atoms with Gasteiger partial charge in [-0.05, 0) is 29.8 Å². The van der Waals surface area contributed by atoms with Crippen LogP contribution in [0, 0.1) is 0 Å². The molecule has 20 heavy (non-hydrogen) atoms. The first-order valence-electron chi connectivity index (χ1n) is 6.36. The van der Waals surface area contributed by atoms with E-state index in [2.05, 4.69) is 10.1 Å². The number of rotatable bonds is 4. The summed E-state index contributed by atoms with van der Waals surface area (Å²) in [5.74, 6) is -0.00678. The Kier molecular flexibility index (Phi) is 3.37. The molecule has 0 aliphatic rings. The average Bonchev–Trinajstić information content (AvgIpc) is 2.99. The van der Waals surface area contributed by atoms with Gasteiger partial charge < -0.3 is 0 Å². The van der Waals surface area contributed by atoms with Crippen LogP contribution >= 0.6 is 0 Å². The minimum Gasteiger partial charge on any atom is -0.292 e. The van der Waals surface area contributed by atoms with Crippen molar-refractivity contribution in [3.05, 3.63) is 78.4 Å². The Bertz CT molecular complexity index is 705. The molecule has 4 nitrogen and oxygen atoms in total. The molecule has 0 aliphatic heterocycles. The Hall–Kier alpha value is -2.75. The maximum atomic E-state index is 12.2. The van der Waals surface area contributed by atoms with Gasteiger partial charge in [-0.3, -0.25) is 9.78 Å². The van der Waals surface area contributed by atoms with Crippen LogP contribution in [-0.4, -0.2) is 20.5 Å². The number of para-hydroxylation sites is 1. The van der Waals surface area contributed by atoms with Crippen molar-refractivity contribution in [2.45, 2.75) is 6.42 Å². The van der Waals surface area contributed by atoms with Gasteiger partial charge in [-0.15, -0.1) is 0 Å². The number of carbonyl (C=O) groups excluding carboxylic acids is 1. The fourth-order valence-electron chi connectivity index (χ4n) is 1.98. The molecule has 98 valence electrons. The highest BCUT2D eigenvalue weighted by molar-refractivity contribution is 5.95. The number of aromatic nitrogens is 3. The molecule has 0 radical (unpaired) electrons. The van der Waals surface area contributed by atoms with Crippen molar-refractivity contribution in [3.8, 4) is 5.69 Å². The van der Waals surface area contributed by atoms with Gasteiger partial charge in [0.2, 0.25) is 0 Å². The smallest absolute Gasteiger partial charge is 0.187 e. The Morgan fingerprint density at radius 2 is 1.90 bits per heavy atom. The molecule has 0 amide bonds. The normalized spacial score (nSPS) is 10.4. The molecule has 0 N–H and O–H groups in total. The van der Waals surface area contributed by atoms with Crippen LogP contribution in [-0.2, 0) is 6.42 Å². The topological polar surface area (TPSA) is 47.8 Å². The van der Waals surface area contributed by atoms with Crippen molar-refractivity contribution in [1.82, 2.24) is 14.8 Å². The van der Waals surface area contributed by atoms with Gasteiger partial charge in [-0.25, -0.2) is 4.68 Å². The van der Waals surface area contributed by atoms with Crippen molar-refractivity contribution < 1.29 is 4.79 Å². The van der Waals surface area contributed by atoms with Crippen molar-refractivity contribution in [3.63, 3.8) is 0 Å². The first kappa shape index (κ1) is 12.3. The van der Waals surface area contributed by atoms with E-state index in [4.69, 9.17) is 0 Å². The van der Waals surface area contributed by atoms with Gasteiger partial charge in [0, 0.05) is 25.0 Å². The van der Waals surface area contributed by atoms with E-state index in [1.807, 2.05) is 42.5 Å².